The van der Waals surface area contributed by atoms with Crippen LogP contribution in [0.2, 0.25) is 39.3 Å². The van der Waals surface area contributed by atoms with Gasteiger partial charge in [-0.2, -0.15) is 11.8 Å². The number of carbonyl (C=O) groups is 1. The topological polar surface area (TPSA) is 47.9 Å². The number of oxime groups is 1. The minimum Gasteiger partial charge on any atom is -0.515 e. The second-order valence-corrected chi connectivity index (χ2v) is 15.8. The zero-order valence-electron chi connectivity index (χ0n) is 12.5. The molecule has 0 spiro atoms. The minimum absolute atomic E-state index is 0.318. The number of rotatable bonds is 7. The third-order valence-electron chi connectivity index (χ3n) is 1.61. The van der Waals surface area contributed by atoms with E-state index >= 15 is 0 Å². The first-order chi connectivity index (χ1) is 8.05. The highest BCUT2D eigenvalue weighted by molar-refractivity contribution is 7.98. The lowest BCUT2D eigenvalue weighted by Gasteiger charge is -2.19. The third kappa shape index (κ3) is 9.72. The molecule has 0 aromatic heterocycles. The molecule has 106 valence electrons. The van der Waals surface area contributed by atoms with Gasteiger partial charge in [-0.25, -0.2) is 4.79 Å². The van der Waals surface area contributed by atoms with E-state index in [4.69, 9.17) is 8.95 Å². The summed E-state index contributed by atoms with van der Waals surface area (Å²) < 4.78 is 10.9. The van der Waals surface area contributed by atoms with Crippen molar-refractivity contribution < 1.29 is 13.7 Å². The molecule has 4 nitrogen and oxygen atoms in total. The molecular weight excluding hydrogens is 282 g/mol. The van der Waals surface area contributed by atoms with Gasteiger partial charge in [0.15, 0.2) is 5.71 Å². The molecule has 7 heteroatoms. The van der Waals surface area contributed by atoms with E-state index in [0.29, 0.717) is 12.1 Å². The Labute approximate surface area is 117 Å². The lowest BCUT2D eigenvalue weighted by Crippen LogP contribution is -2.34. The number of thioether (sulfide) groups is 1. The van der Waals surface area contributed by atoms with E-state index < -0.39 is 16.6 Å². The summed E-state index contributed by atoms with van der Waals surface area (Å²) in [7, 11) is -3.63. The van der Waals surface area contributed by atoms with Crippen LogP contribution in [-0.4, -0.2) is 40.3 Å². The molecule has 0 aliphatic heterocycles. The first kappa shape index (κ1) is 17.7. The van der Waals surface area contributed by atoms with Gasteiger partial charge in [0.1, 0.15) is 0 Å². The summed E-state index contributed by atoms with van der Waals surface area (Å²) in [5.74, 6) is 0.524. The van der Waals surface area contributed by atoms with Crippen molar-refractivity contribution in [1.29, 1.82) is 0 Å². The molecule has 0 heterocycles. The van der Waals surface area contributed by atoms with Gasteiger partial charge in [0, 0.05) is 6.42 Å². The average molecular weight is 308 g/mol. The summed E-state index contributed by atoms with van der Waals surface area (Å²) in [6.07, 6.45) is 2.59. The van der Waals surface area contributed by atoms with Gasteiger partial charge in [-0.1, -0.05) is 5.16 Å². The van der Waals surface area contributed by atoms with Gasteiger partial charge in [0.05, 0.1) is 0 Å². The Hall–Kier alpha value is -0.276. The summed E-state index contributed by atoms with van der Waals surface area (Å²) in [5, 5.41) is 4.03. The van der Waals surface area contributed by atoms with Crippen molar-refractivity contribution in [3.63, 3.8) is 0 Å². The molecule has 0 radical (unpaired) electrons. The summed E-state index contributed by atoms with van der Waals surface area (Å²) in [6, 6.07) is 0. The van der Waals surface area contributed by atoms with Gasteiger partial charge in [0.25, 0.3) is 8.32 Å². The van der Waals surface area contributed by atoms with Crippen molar-refractivity contribution in [2.75, 3.05) is 12.0 Å². The maximum atomic E-state index is 12.0. The molecular formula is C11H25NO3SSi2. The van der Waals surface area contributed by atoms with Crippen molar-refractivity contribution in [3.05, 3.63) is 0 Å². The fourth-order valence-corrected chi connectivity index (χ4v) is 2.37. The molecule has 0 aliphatic carbocycles. The number of carbonyl (C=O) groups excluding carboxylic acids is 1. The average Bonchev–Trinajstić information content (AvgIpc) is 2.13. The van der Waals surface area contributed by atoms with Gasteiger partial charge < -0.3 is 8.95 Å². The Kier molecular flexibility index (Phi) is 7.23. The molecule has 0 aromatic rings. The molecule has 0 saturated heterocycles. The minimum atomic E-state index is -1.88. The number of hydrogen-bond acceptors (Lipinski definition) is 5. The largest absolute Gasteiger partial charge is 0.515 e. The van der Waals surface area contributed by atoms with Crippen LogP contribution < -0.4 is 0 Å². The fourth-order valence-electron chi connectivity index (χ4n) is 0.913. The van der Waals surface area contributed by atoms with Crippen molar-refractivity contribution in [2.24, 2.45) is 5.16 Å². The van der Waals surface area contributed by atoms with E-state index in [9.17, 15) is 4.79 Å². The van der Waals surface area contributed by atoms with Crippen LogP contribution in [0.1, 0.15) is 6.42 Å². The van der Waals surface area contributed by atoms with Crippen molar-refractivity contribution >= 4 is 40.1 Å². The molecule has 0 amide bonds. The Balaban J connectivity index is 4.71. The van der Waals surface area contributed by atoms with E-state index in [1.807, 2.05) is 45.5 Å². The highest BCUT2D eigenvalue weighted by Gasteiger charge is 2.25. The summed E-state index contributed by atoms with van der Waals surface area (Å²) >= 11 is 1.68. The van der Waals surface area contributed by atoms with E-state index in [0.717, 1.165) is 5.75 Å². The smallest absolute Gasteiger partial charge is 0.342 e. The first-order valence-electron chi connectivity index (χ1n) is 6.02. The molecule has 0 aromatic carbocycles. The second kappa shape index (κ2) is 7.35. The first-order valence-corrected chi connectivity index (χ1v) is 14.2. The zero-order valence-corrected chi connectivity index (χ0v) is 15.3. The Morgan fingerprint density at radius 2 is 1.67 bits per heavy atom. The predicted octanol–water partition coefficient (Wildman–Crippen LogP) is 3.33. The Bertz CT molecular complexity index is 308. The second-order valence-electron chi connectivity index (χ2n) is 5.99. The van der Waals surface area contributed by atoms with Crippen LogP contribution in [0, 0.1) is 0 Å². The molecule has 0 aliphatic rings. The van der Waals surface area contributed by atoms with Gasteiger partial charge >= 0.3 is 5.97 Å². The Morgan fingerprint density at radius 3 is 2.06 bits per heavy atom. The van der Waals surface area contributed by atoms with E-state index in [1.165, 1.54) is 0 Å². The van der Waals surface area contributed by atoms with Crippen LogP contribution in [0.15, 0.2) is 5.16 Å². The highest BCUT2D eigenvalue weighted by atomic mass is 32.2. The van der Waals surface area contributed by atoms with E-state index in [2.05, 4.69) is 5.16 Å². The lowest BCUT2D eigenvalue weighted by molar-refractivity contribution is -0.127. The molecule has 18 heavy (non-hydrogen) atoms. The van der Waals surface area contributed by atoms with Crippen LogP contribution in [-0.2, 0) is 13.7 Å². The standard InChI is InChI=1S/C11H25NO3SSi2/c1-16-9-8-10(12-15-18(5,6)7)11(13)14-17(2,3)4/h8-9H2,1-7H3. The van der Waals surface area contributed by atoms with Crippen molar-refractivity contribution in [3.8, 4) is 0 Å². The van der Waals surface area contributed by atoms with Gasteiger partial charge in [0.2, 0.25) is 8.32 Å². The van der Waals surface area contributed by atoms with E-state index in [-0.39, 0.29) is 5.97 Å². The normalized spacial score (nSPS) is 13.4. The Morgan fingerprint density at radius 1 is 1.11 bits per heavy atom. The van der Waals surface area contributed by atoms with Crippen molar-refractivity contribution in [1.82, 2.24) is 0 Å². The van der Waals surface area contributed by atoms with Gasteiger partial charge in [-0.3, -0.25) is 0 Å². The van der Waals surface area contributed by atoms with E-state index in [1.54, 1.807) is 11.8 Å². The van der Waals surface area contributed by atoms with Crippen molar-refractivity contribution in [2.45, 2.75) is 45.7 Å². The SMILES string of the molecule is CSCCC(=NO[Si](C)(C)C)C(=O)O[Si](C)(C)C. The number of hydrogen-bond donors (Lipinski definition) is 0. The van der Waals surface area contributed by atoms with Gasteiger partial charge in [-0.15, -0.1) is 0 Å². The summed E-state index contributed by atoms with van der Waals surface area (Å²) in [4.78, 5) is 12.0. The van der Waals surface area contributed by atoms with Crippen LogP contribution in [0.4, 0.5) is 0 Å². The molecule has 0 unspecified atom stereocenters. The quantitative estimate of drug-likeness (QED) is 0.411. The van der Waals surface area contributed by atoms with Crippen LogP contribution in [0.25, 0.3) is 0 Å². The predicted molar refractivity (Wildman–Crippen MR) is 84.3 cm³/mol. The maximum Gasteiger partial charge on any atom is 0.342 e. The molecule has 0 saturated carbocycles. The lowest BCUT2D eigenvalue weighted by atomic mass is 10.3. The molecule has 0 atom stereocenters. The van der Waals surface area contributed by atoms with Crippen LogP contribution in [0.5, 0.6) is 0 Å². The molecule has 0 fully saturated rings. The monoisotopic (exact) mass is 307 g/mol. The van der Waals surface area contributed by atoms with Crippen LogP contribution in [0.3, 0.4) is 0 Å². The maximum absolute atomic E-state index is 12.0. The molecule has 0 rings (SSSR count). The number of nitrogens with zero attached hydrogens (tertiary/aromatic N) is 1. The van der Waals surface area contributed by atoms with Gasteiger partial charge in [-0.05, 0) is 51.3 Å². The zero-order chi connectivity index (χ0) is 14.4. The summed E-state index contributed by atoms with van der Waals surface area (Å²) in [5.41, 5.74) is 0.411. The molecule has 0 bridgehead atoms. The third-order valence-corrected chi connectivity index (χ3v) is 3.66. The fraction of sp³-hybridized carbons (Fsp3) is 0.818. The molecule has 0 N–H and O–H groups in total. The highest BCUT2D eigenvalue weighted by Crippen LogP contribution is 2.09. The van der Waals surface area contributed by atoms with Crippen LogP contribution >= 0.6 is 11.8 Å². The summed E-state index contributed by atoms with van der Waals surface area (Å²) in [6.45, 7) is 12.1.